The molecule has 0 bridgehead atoms. The molecule has 20 heavy (non-hydrogen) atoms. The van der Waals surface area contributed by atoms with Crippen LogP contribution in [0.15, 0.2) is 29.6 Å². The van der Waals surface area contributed by atoms with Crippen LogP contribution in [0.2, 0.25) is 0 Å². The topological polar surface area (TPSA) is 45.2 Å². The Morgan fingerprint density at radius 1 is 1.35 bits per heavy atom. The molecule has 4 nitrogen and oxygen atoms in total. The molecule has 1 aromatic carbocycles. The highest BCUT2D eigenvalue weighted by atomic mass is 32.1. The van der Waals surface area contributed by atoms with Crippen LogP contribution in [0.1, 0.15) is 23.2 Å². The largest absolute Gasteiger partial charge is 0.322 e. The average Bonchev–Trinajstić information content (AvgIpc) is 2.85. The lowest BCUT2D eigenvalue weighted by atomic mass is 10.1. The first-order valence-corrected chi connectivity index (χ1v) is 7.48. The Hall–Kier alpha value is -1.88. The van der Waals surface area contributed by atoms with E-state index in [1.54, 1.807) is 23.3 Å². The van der Waals surface area contributed by atoms with Crippen molar-refractivity contribution in [3.05, 3.63) is 45.9 Å². The third-order valence-electron chi connectivity index (χ3n) is 3.03. The zero-order valence-corrected chi connectivity index (χ0v) is 12.8. The summed E-state index contributed by atoms with van der Waals surface area (Å²) in [5.41, 5.74) is 2.99. The van der Waals surface area contributed by atoms with Gasteiger partial charge in [-0.15, -0.1) is 11.3 Å². The molecule has 0 unspecified atom stereocenters. The van der Waals surface area contributed by atoms with Gasteiger partial charge in [0.25, 0.3) is 0 Å². The Bertz CT molecular complexity index is 577. The van der Waals surface area contributed by atoms with E-state index >= 15 is 0 Å². The summed E-state index contributed by atoms with van der Waals surface area (Å²) in [7, 11) is 1.77. The summed E-state index contributed by atoms with van der Waals surface area (Å²) in [5, 5.41) is 5.88. The Morgan fingerprint density at radius 2 is 2.05 bits per heavy atom. The highest BCUT2D eigenvalue weighted by molar-refractivity contribution is 7.09. The van der Waals surface area contributed by atoms with Gasteiger partial charge in [-0.2, -0.15) is 0 Å². The van der Waals surface area contributed by atoms with E-state index in [1.807, 2.05) is 36.6 Å². The van der Waals surface area contributed by atoms with Crippen LogP contribution in [0, 0.1) is 6.92 Å². The zero-order chi connectivity index (χ0) is 14.5. The van der Waals surface area contributed by atoms with Crippen molar-refractivity contribution in [2.24, 2.45) is 0 Å². The van der Waals surface area contributed by atoms with E-state index in [2.05, 4.69) is 17.2 Å². The molecule has 1 heterocycles. The smallest absolute Gasteiger partial charge is 0.321 e. The monoisotopic (exact) mass is 289 g/mol. The number of rotatable bonds is 4. The van der Waals surface area contributed by atoms with Gasteiger partial charge in [-0.1, -0.05) is 19.1 Å². The first-order chi connectivity index (χ1) is 9.58. The van der Waals surface area contributed by atoms with Crippen molar-refractivity contribution in [2.75, 3.05) is 12.4 Å². The minimum Gasteiger partial charge on any atom is -0.322 e. The molecule has 0 atom stereocenters. The third kappa shape index (κ3) is 3.81. The van der Waals surface area contributed by atoms with Crippen LogP contribution in [0.5, 0.6) is 0 Å². The summed E-state index contributed by atoms with van der Waals surface area (Å²) in [6.07, 6.45) is 0.997. The molecular formula is C15H19N3OS. The predicted octanol–water partition coefficient (Wildman–Crippen LogP) is 3.68. The van der Waals surface area contributed by atoms with Gasteiger partial charge in [0.05, 0.1) is 17.2 Å². The van der Waals surface area contributed by atoms with Gasteiger partial charge in [0.15, 0.2) is 0 Å². The van der Waals surface area contributed by atoms with Crippen molar-refractivity contribution in [3.8, 4) is 0 Å². The molecular weight excluding hydrogens is 270 g/mol. The summed E-state index contributed by atoms with van der Waals surface area (Å²) in [4.78, 5) is 18.1. The van der Waals surface area contributed by atoms with E-state index in [9.17, 15) is 4.79 Å². The van der Waals surface area contributed by atoms with Crippen LogP contribution in [0.3, 0.4) is 0 Å². The number of urea groups is 1. The van der Waals surface area contributed by atoms with Crippen LogP contribution in [0.4, 0.5) is 10.5 Å². The van der Waals surface area contributed by atoms with Crippen LogP contribution >= 0.6 is 11.3 Å². The lowest BCUT2D eigenvalue weighted by Crippen LogP contribution is -2.30. The number of aromatic nitrogens is 1. The van der Waals surface area contributed by atoms with E-state index in [4.69, 9.17) is 0 Å². The lowest BCUT2D eigenvalue weighted by molar-refractivity contribution is 0.220. The fourth-order valence-corrected chi connectivity index (χ4v) is 2.44. The Kier molecular flexibility index (Phi) is 4.74. The summed E-state index contributed by atoms with van der Waals surface area (Å²) in [6.45, 7) is 4.59. The Balaban J connectivity index is 1.93. The van der Waals surface area contributed by atoms with Gasteiger partial charge in [0.2, 0.25) is 0 Å². The maximum Gasteiger partial charge on any atom is 0.321 e. The fraction of sp³-hybridized carbons (Fsp3) is 0.333. The normalized spacial score (nSPS) is 10.3. The van der Waals surface area contributed by atoms with E-state index in [1.165, 1.54) is 5.56 Å². The van der Waals surface area contributed by atoms with Crippen molar-refractivity contribution in [2.45, 2.75) is 26.8 Å². The Morgan fingerprint density at radius 3 is 2.60 bits per heavy atom. The summed E-state index contributed by atoms with van der Waals surface area (Å²) in [6, 6.07) is 7.79. The maximum absolute atomic E-state index is 12.1. The number of benzene rings is 1. The summed E-state index contributed by atoms with van der Waals surface area (Å²) < 4.78 is 0. The van der Waals surface area contributed by atoms with E-state index < -0.39 is 0 Å². The van der Waals surface area contributed by atoms with E-state index in [-0.39, 0.29) is 6.03 Å². The highest BCUT2D eigenvalue weighted by Crippen LogP contribution is 2.13. The molecule has 1 N–H and O–H groups in total. The Labute approximate surface area is 123 Å². The third-order valence-corrected chi connectivity index (χ3v) is 3.85. The van der Waals surface area contributed by atoms with E-state index in [0.29, 0.717) is 6.54 Å². The molecule has 0 saturated carbocycles. The minimum atomic E-state index is -0.125. The standard InChI is InChI=1S/C15H19N3OS/c1-4-12-5-7-13(8-6-12)17-15(19)18(3)9-14-10-20-11(2)16-14/h5-8,10H,4,9H2,1-3H3,(H,17,19). The van der Waals surface area contributed by atoms with Crippen LogP contribution in [-0.2, 0) is 13.0 Å². The number of carbonyl (C=O) groups is 1. The summed E-state index contributed by atoms with van der Waals surface area (Å²) in [5.74, 6) is 0. The number of hydrogen-bond donors (Lipinski definition) is 1. The van der Waals surface area contributed by atoms with Gasteiger partial charge in [0.1, 0.15) is 0 Å². The second kappa shape index (κ2) is 6.52. The first kappa shape index (κ1) is 14.5. The molecule has 0 aliphatic heterocycles. The van der Waals surface area contributed by atoms with Crippen molar-refractivity contribution in [1.82, 2.24) is 9.88 Å². The molecule has 0 fully saturated rings. The molecule has 2 aromatic rings. The number of amides is 2. The van der Waals surface area contributed by atoms with Crippen LogP contribution in [0.25, 0.3) is 0 Å². The van der Waals surface area contributed by atoms with Gasteiger partial charge in [-0.05, 0) is 31.0 Å². The van der Waals surface area contributed by atoms with Crippen molar-refractivity contribution in [1.29, 1.82) is 0 Å². The summed E-state index contributed by atoms with van der Waals surface area (Å²) >= 11 is 1.60. The quantitative estimate of drug-likeness (QED) is 0.933. The highest BCUT2D eigenvalue weighted by Gasteiger charge is 2.10. The molecule has 0 aliphatic carbocycles. The van der Waals surface area contributed by atoms with E-state index in [0.717, 1.165) is 22.8 Å². The first-order valence-electron chi connectivity index (χ1n) is 6.60. The van der Waals surface area contributed by atoms with Gasteiger partial charge in [-0.3, -0.25) is 0 Å². The molecule has 2 amide bonds. The molecule has 0 aliphatic rings. The zero-order valence-electron chi connectivity index (χ0n) is 12.0. The molecule has 0 saturated heterocycles. The van der Waals surface area contributed by atoms with Crippen LogP contribution < -0.4 is 5.32 Å². The molecule has 0 spiro atoms. The predicted molar refractivity (Wildman–Crippen MR) is 83.2 cm³/mol. The van der Waals surface area contributed by atoms with Gasteiger partial charge in [-0.25, -0.2) is 9.78 Å². The SMILES string of the molecule is CCc1ccc(NC(=O)N(C)Cc2csc(C)n2)cc1. The number of aryl methyl sites for hydroxylation is 2. The molecule has 106 valence electrons. The molecule has 5 heteroatoms. The number of hydrogen-bond acceptors (Lipinski definition) is 3. The maximum atomic E-state index is 12.1. The number of nitrogens with one attached hydrogen (secondary N) is 1. The van der Waals surface area contributed by atoms with Gasteiger partial charge >= 0.3 is 6.03 Å². The molecule has 2 rings (SSSR count). The van der Waals surface area contributed by atoms with Gasteiger partial charge < -0.3 is 10.2 Å². The number of carbonyl (C=O) groups excluding carboxylic acids is 1. The van der Waals surface area contributed by atoms with Crippen molar-refractivity contribution >= 4 is 23.1 Å². The minimum absolute atomic E-state index is 0.125. The fourth-order valence-electron chi connectivity index (χ4n) is 1.84. The number of anilines is 1. The van der Waals surface area contributed by atoms with Crippen molar-refractivity contribution in [3.63, 3.8) is 0 Å². The second-order valence-corrected chi connectivity index (χ2v) is 5.76. The van der Waals surface area contributed by atoms with Crippen LogP contribution in [-0.4, -0.2) is 23.0 Å². The second-order valence-electron chi connectivity index (χ2n) is 4.69. The molecule has 0 radical (unpaired) electrons. The number of thiazole rings is 1. The lowest BCUT2D eigenvalue weighted by Gasteiger charge is -2.17. The average molecular weight is 289 g/mol. The molecule has 1 aromatic heterocycles. The number of nitrogens with zero attached hydrogens (tertiary/aromatic N) is 2. The van der Waals surface area contributed by atoms with Crippen molar-refractivity contribution < 1.29 is 4.79 Å². The van der Waals surface area contributed by atoms with Gasteiger partial charge in [0, 0.05) is 18.1 Å².